The zero-order chi connectivity index (χ0) is 16.2. The average Bonchev–Trinajstić information content (AvgIpc) is 2.94. The van der Waals surface area contributed by atoms with Crippen molar-refractivity contribution in [1.82, 2.24) is 10.6 Å². The van der Waals surface area contributed by atoms with E-state index in [1.165, 1.54) is 6.07 Å². The molecule has 1 fully saturated rings. The molecule has 1 saturated heterocycles. The lowest BCUT2D eigenvalue weighted by molar-refractivity contribution is -0.127. The first-order valence-corrected chi connectivity index (χ1v) is 7.20. The molecule has 2 unspecified atom stereocenters. The minimum atomic E-state index is -1.01. The number of ether oxygens (including phenoxy) is 1. The van der Waals surface area contributed by atoms with Gasteiger partial charge in [0.1, 0.15) is 18.5 Å². The Morgan fingerprint density at radius 1 is 1.48 bits per heavy atom. The normalized spacial score (nSPS) is 21.4. The van der Waals surface area contributed by atoms with Crippen LogP contribution in [0.1, 0.15) is 19.8 Å². The molecule has 0 saturated carbocycles. The summed E-state index contributed by atoms with van der Waals surface area (Å²) < 4.78 is 30.9. The maximum Gasteiger partial charge on any atom is 0.240 e. The first-order valence-electron chi connectivity index (χ1n) is 7.20. The number of aliphatic hydroxyl groups is 1. The molecular weight excluding hydrogens is 330 g/mol. The molecule has 0 spiro atoms. The number of hydrogen-bond acceptors (Lipinski definition) is 4. The number of carbonyl (C=O) groups excluding carboxylic acids is 1. The van der Waals surface area contributed by atoms with Crippen molar-refractivity contribution in [3.05, 3.63) is 29.8 Å². The van der Waals surface area contributed by atoms with E-state index < -0.39 is 23.3 Å². The minimum Gasteiger partial charge on any atom is -0.491 e. The summed E-state index contributed by atoms with van der Waals surface area (Å²) in [6.45, 7) is 2.51. The molecule has 0 bridgehead atoms. The highest BCUT2D eigenvalue weighted by Crippen LogP contribution is 2.18. The molecule has 0 aromatic heterocycles. The number of halogens is 3. The van der Waals surface area contributed by atoms with Crippen molar-refractivity contribution in [2.75, 3.05) is 19.7 Å². The van der Waals surface area contributed by atoms with Gasteiger partial charge in [0, 0.05) is 12.6 Å². The van der Waals surface area contributed by atoms with E-state index in [2.05, 4.69) is 10.6 Å². The lowest BCUT2D eigenvalue weighted by Gasteiger charge is -2.24. The summed E-state index contributed by atoms with van der Waals surface area (Å²) in [4.78, 5) is 12.0. The average molecular weight is 351 g/mol. The maximum absolute atomic E-state index is 13.0. The number of amides is 1. The van der Waals surface area contributed by atoms with Gasteiger partial charge in [0.25, 0.3) is 0 Å². The van der Waals surface area contributed by atoms with Crippen molar-refractivity contribution in [2.45, 2.75) is 31.4 Å². The molecular formula is C15H21ClF2N2O3. The summed E-state index contributed by atoms with van der Waals surface area (Å²) in [5, 5.41) is 15.6. The van der Waals surface area contributed by atoms with Gasteiger partial charge in [-0.25, -0.2) is 8.78 Å². The SMILES string of the molecule is CC1(C(=O)NCC(O)COc2ccc(F)c(F)c2)CCCN1.Cl. The Balaban J connectivity index is 0.00000264. The van der Waals surface area contributed by atoms with E-state index in [4.69, 9.17) is 4.74 Å². The van der Waals surface area contributed by atoms with E-state index in [-0.39, 0.29) is 37.2 Å². The van der Waals surface area contributed by atoms with E-state index in [0.717, 1.165) is 31.5 Å². The van der Waals surface area contributed by atoms with Crippen molar-refractivity contribution in [3.63, 3.8) is 0 Å². The fraction of sp³-hybridized carbons (Fsp3) is 0.533. The van der Waals surface area contributed by atoms with Crippen LogP contribution in [0.4, 0.5) is 8.78 Å². The molecule has 1 aromatic carbocycles. The van der Waals surface area contributed by atoms with Gasteiger partial charge in [-0.05, 0) is 38.4 Å². The summed E-state index contributed by atoms with van der Waals surface area (Å²) in [5.74, 6) is -2.02. The van der Waals surface area contributed by atoms with Crippen molar-refractivity contribution in [3.8, 4) is 5.75 Å². The Morgan fingerprint density at radius 2 is 2.22 bits per heavy atom. The molecule has 3 N–H and O–H groups in total. The molecule has 0 radical (unpaired) electrons. The van der Waals surface area contributed by atoms with Crippen molar-refractivity contribution in [2.24, 2.45) is 0 Å². The van der Waals surface area contributed by atoms with Crippen LogP contribution in [0.25, 0.3) is 0 Å². The Hall–Kier alpha value is -1.44. The van der Waals surface area contributed by atoms with Crippen molar-refractivity contribution in [1.29, 1.82) is 0 Å². The number of carbonyl (C=O) groups is 1. The molecule has 1 aliphatic rings. The lowest BCUT2D eigenvalue weighted by atomic mass is 9.99. The molecule has 2 rings (SSSR count). The molecule has 1 aliphatic heterocycles. The highest BCUT2D eigenvalue weighted by atomic mass is 35.5. The van der Waals surface area contributed by atoms with Crippen LogP contribution < -0.4 is 15.4 Å². The van der Waals surface area contributed by atoms with Crippen LogP contribution in [0.2, 0.25) is 0 Å². The van der Waals surface area contributed by atoms with Crippen LogP contribution in [0.5, 0.6) is 5.75 Å². The molecule has 2 atom stereocenters. The van der Waals surface area contributed by atoms with Crippen LogP contribution in [-0.4, -0.2) is 42.4 Å². The quantitative estimate of drug-likeness (QED) is 0.725. The molecule has 130 valence electrons. The van der Waals surface area contributed by atoms with E-state index in [1.54, 1.807) is 0 Å². The van der Waals surface area contributed by atoms with Crippen LogP contribution in [0, 0.1) is 11.6 Å². The third kappa shape index (κ3) is 5.30. The Bertz CT molecular complexity index is 539. The first-order chi connectivity index (χ1) is 10.4. The largest absolute Gasteiger partial charge is 0.491 e. The summed E-state index contributed by atoms with van der Waals surface area (Å²) in [7, 11) is 0. The monoisotopic (exact) mass is 350 g/mol. The number of aliphatic hydroxyl groups excluding tert-OH is 1. The number of rotatable bonds is 6. The van der Waals surface area contributed by atoms with Crippen LogP contribution in [0.15, 0.2) is 18.2 Å². The van der Waals surface area contributed by atoms with Crippen LogP contribution >= 0.6 is 12.4 Å². The molecule has 0 aliphatic carbocycles. The minimum absolute atomic E-state index is 0. The third-order valence-electron chi connectivity index (χ3n) is 3.70. The van der Waals surface area contributed by atoms with Gasteiger partial charge in [0.05, 0.1) is 5.54 Å². The van der Waals surface area contributed by atoms with E-state index in [0.29, 0.717) is 0 Å². The van der Waals surface area contributed by atoms with Crippen molar-refractivity contribution >= 4 is 18.3 Å². The predicted molar refractivity (Wildman–Crippen MR) is 83.8 cm³/mol. The summed E-state index contributed by atoms with van der Waals surface area (Å²) in [5.41, 5.74) is -0.597. The highest BCUT2D eigenvalue weighted by molar-refractivity contribution is 5.86. The number of hydrogen-bond donors (Lipinski definition) is 3. The van der Waals surface area contributed by atoms with Gasteiger partial charge in [-0.3, -0.25) is 4.79 Å². The second-order valence-electron chi connectivity index (χ2n) is 5.61. The standard InChI is InChI=1S/C15H20F2N2O3.ClH/c1-15(5-2-6-19-15)14(21)18-8-10(20)9-22-11-3-4-12(16)13(17)7-11;/h3-4,7,10,19-20H,2,5-6,8-9H2,1H3,(H,18,21);1H. The van der Waals surface area contributed by atoms with Gasteiger partial charge < -0.3 is 20.5 Å². The van der Waals surface area contributed by atoms with E-state index in [9.17, 15) is 18.7 Å². The molecule has 1 aromatic rings. The molecule has 1 heterocycles. The van der Waals surface area contributed by atoms with Gasteiger partial charge in [-0.1, -0.05) is 0 Å². The lowest BCUT2D eigenvalue weighted by Crippen LogP contribution is -2.52. The fourth-order valence-electron chi connectivity index (χ4n) is 2.31. The van der Waals surface area contributed by atoms with Crippen LogP contribution in [-0.2, 0) is 4.79 Å². The molecule has 5 nitrogen and oxygen atoms in total. The van der Waals surface area contributed by atoms with Gasteiger partial charge >= 0.3 is 0 Å². The summed E-state index contributed by atoms with van der Waals surface area (Å²) in [6.07, 6.45) is 0.744. The Labute approximate surface area is 139 Å². The first kappa shape index (κ1) is 19.6. The van der Waals surface area contributed by atoms with Gasteiger partial charge in [0.15, 0.2) is 11.6 Å². The Kier molecular flexibility index (Phi) is 7.18. The topological polar surface area (TPSA) is 70.6 Å². The summed E-state index contributed by atoms with van der Waals surface area (Å²) in [6, 6.07) is 3.13. The van der Waals surface area contributed by atoms with Gasteiger partial charge in [-0.15, -0.1) is 12.4 Å². The maximum atomic E-state index is 13.0. The second kappa shape index (κ2) is 8.42. The second-order valence-corrected chi connectivity index (χ2v) is 5.61. The third-order valence-corrected chi connectivity index (χ3v) is 3.70. The number of nitrogens with one attached hydrogen (secondary N) is 2. The Morgan fingerprint density at radius 3 is 2.83 bits per heavy atom. The number of benzene rings is 1. The van der Waals surface area contributed by atoms with Gasteiger partial charge in [0.2, 0.25) is 5.91 Å². The smallest absolute Gasteiger partial charge is 0.240 e. The van der Waals surface area contributed by atoms with Crippen molar-refractivity contribution < 1.29 is 23.4 Å². The summed E-state index contributed by atoms with van der Waals surface area (Å²) >= 11 is 0. The zero-order valence-electron chi connectivity index (χ0n) is 12.8. The van der Waals surface area contributed by atoms with Gasteiger partial charge in [-0.2, -0.15) is 0 Å². The predicted octanol–water partition coefficient (Wildman–Crippen LogP) is 1.38. The van der Waals surface area contributed by atoms with E-state index >= 15 is 0 Å². The molecule has 8 heteroatoms. The highest BCUT2D eigenvalue weighted by Gasteiger charge is 2.35. The zero-order valence-corrected chi connectivity index (χ0v) is 13.6. The molecule has 23 heavy (non-hydrogen) atoms. The fourth-order valence-corrected chi connectivity index (χ4v) is 2.31. The van der Waals surface area contributed by atoms with E-state index in [1.807, 2.05) is 6.92 Å². The molecule has 1 amide bonds. The van der Waals surface area contributed by atoms with Crippen LogP contribution in [0.3, 0.4) is 0 Å².